The number of nitriles is 1. The van der Waals surface area contributed by atoms with Gasteiger partial charge in [-0.2, -0.15) is 9.78 Å². The van der Waals surface area contributed by atoms with Crippen LogP contribution in [-0.4, -0.2) is 52.2 Å². The van der Waals surface area contributed by atoms with E-state index in [0.717, 1.165) is 60.4 Å². The van der Waals surface area contributed by atoms with Gasteiger partial charge in [-0.3, -0.25) is 4.79 Å². The minimum Gasteiger partial charge on any atom is -0.354 e. The van der Waals surface area contributed by atoms with Crippen LogP contribution in [0.4, 0.5) is 16.8 Å². The molecule has 0 bridgehead atoms. The van der Waals surface area contributed by atoms with Gasteiger partial charge in [-0.05, 0) is 25.0 Å². The fourth-order valence-corrected chi connectivity index (χ4v) is 4.14. The summed E-state index contributed by atoms with van der Waals surface area (Å²) in [6, 6.07) is 6.20. The maximum atomic E-state index is 10.7. The van der Waals surface area contributed by atoms with Crippen LogP contribution >= 0.6 is 11.3 Å². The molecule has 0 aliphatic carbocycles. The summed E-state index contributed by atoms with van der Waals surface area (Å²) in [5.41, 5.74) is 1.68. The van der Waals surface area contributed by atoms with Crippen LogP contribution in [0.2, 0.25) is 0 Å². The van der Waals surface area contributed by atoms with Crippen LogP contribution in [0, 0.1) is 11.3 Å². The monoisotopic (exact) mass is 396 g/mol. The SMILES string of the molecule is CCc1nc2ccc(N3CCC(NC=O)C3)nn2c1N(C)c1ncc(C#N)s1. The number of amides is 1. The highest BCUT2D eigenvalue weighted by Crippen LogP contribution is 2.31. The molecule has 3 aromatic rings. The predicted molar refractivity (Wildman–Crippen MR) is 107 cm³/mol. The Bertz CT molecular complexity index is 1050. The van der Waals surface area contributed by atoms with E-state index in [1.807, 2.05) is 28.6 Å². The Hall–Kier alpha value is -3.19. The lowest BCUT2D eigenvalue weighted by Crippen LogP contribution is -2.31. The topological polar surface area (TPSA) is 102 Å². The molecule has 1 N–H and O–H groups in total. The van der Waals surface area contributed by atoms with Gasteiger partial charge in [0.2, 0.25) is 6.41 Å². The fourth-order valence-electron chi connectivity index (χ4n) is 3.46. The highest BCUT2D eigenvalue weighted by molar-refractivity contribution is 7.16. The van der Waals surface area contributed by atoms with Crippen molar-refractivity contribution in [2.24, 2.45) is 0 Å². The van der Waals surface area contributed by atoms with Crippen molar-refractivity contribution in [1.82, 2.24) is 24.9 Å². The van der Waals surface area contributed by atoms with Crippen molar-refractivity contribution in [3.8, 4) is 6.07 Å². The molecule has 1 saturated heterocycles. The van der Waals surface area contributed by atoms with E-state index >= 15 is 0 Å². The molecule has 10 heteroatoms. The van der Waals surface area contributed by atoms with Gasteiger partial charge in [0.1, 0.15) is 16.8 Å². The Labute approximate surface area is 166 Å². The van der Waals surface area contributed by atoms with Gasteiger partial charge >= 0.3 is 0 Å². The first-order valence-electron chi connectivity index (χ1n) is 9.07. The lowest BCUT2D eigenvalue weighted by Gasteiger charge is -2.19. The molecule has 28 heavy (non-hydrogen) atoms. The highest BCUT2D eigenvalue weighted by atomic mass is 32.1. The highest BCUT2D eigenvalue weighted by Gasteiger charge is 2.25. The second-order valence-electron chi connectivity index (χ2n) is 6.59. The summed E-state index contributed by atoms with van der Waals surface area (Å²) >= 11 is 1.34. The summed E-state index contributed by atoms with van der Waals surface area (Å²) in [5, 5.41) is 17.5. The third kappa shape index (κ3) is 3.14. The van der Waals surface area contributed by atoms with E-state index in [-0.39, 0.29) is 6.04 Å². The van der Waals surface area contributed by atoms with E-state index in [0.29, 0.717) is 4.88 Å². The number of hydrogen-bond acceptors (Lipinski definition) is 8. The van der Waals surface area contributed by atoms with Crippen molar-refractivity contribution < 1.29 is 4.79 Å². The molecule has 144 valence electrons. The molecule has 0 radical (unpaired) electrons. The summed E-state index contributed by atoms with van der Waals surface area (Å²) in [6.45, 7) is 3.62. The van der Waals surface area contributed by atoms with Crippen LogP contribution < -0.4 is 15.1 Å². The molecule has 1 aliphatic heterocycles. The van der Waals surface area contributed by atoms with Gasteiger partial charge in [0.05, 0.1) is 11.9 Å². The van der Waals surface area contributed by atoms with E-state index in [1.165, 1.54) is 11.3 Å². The second-order valence-corrected chi connectivity index (χ2v) is 7.60. The first kappa shape index (κ1) is 18.2. The lowest BCUT2D eigenvalue weighted by molar-refractivity contribution is -0.110. The Morgan fingerprint density at radius 3 is 3.07 bits per heavy atom. The van der Waals surface area contributed by atoms with Crippen LogP contribution in [-0.2, 0) is 11.2 Å². The smallest absolute Gasteiger partial charge is 0.207 e. The van der Waals surface area contributed by atoms with Crippen molar-refractivity contribution in [2.75, 3.05) is 29.9 Å². The van der Waals surface area contributed by atoms with Gasteiger partial charge in [0.15, 0.2) is 16.6 Å². The molecule has 0 saturated carbocycles. The number of nitrogens with zero attached hydrogens (tertiary/aromatic N) is 7. The first-order chi connectivity index (χ1) is 13.6. The second kappa shape index (κ2) is 7.44. The van der Waals surface area contributed by atoms with Crippen molar-refractivity contribution in [3.05, 3.63) is 28.9 Å². The minimum absolute atomic E-state index is 0.144. The minimum atomic E-state index is 0.144. The number of aryl methyl sites for hydroxylation is 1. The third-order valence-corrected chi connectivity index (χ3v) is 5.85. The third-order valence-electron chi connectivity index (χ3n) is 4.87. The number of nitrogens with one attached hydrogen (secondary N) is 1. The van der Waals surface area contributed by atoms with E-state index in [9.17, 15) is 4.79 Å². The Morgan fingerprint density at radius 1 is 1.50 bits per heavy atom. The summed E-state index contributed by atoms with van der Waals surface area (Å²) in [6.07, 6.45) is 3.98. The fraction of sp³-hybridized carbons (Fsp3) is 0.389. The number of aromatic nitrogens is 4. The van der Waals surface area contributed by atoms with Gasteiger partial charge in [0.25, 0.3) is 0 Å². The number of anilines is 3. The molecule has 1 fully saturated rings. The van der Waals surface area contributed by atoms with Gasteiger partial charge in [-0.15, -0.1) is 5.10 Å². The summed E-state index contributed by atoms with van der Waals surface area (Å²) < 4.78 is 1.84. The summed E-state index contributed by atoms with van der Waals surface area (Å²) in [4.78, 5) is 24.4. The number of fused-ring (bicyclic) bond motifs is 1. The zero-order chi connectivity index (χ0) is 19.7. The Balaban J connectivity index is 1.73. The van der Waals surface area contributed by atoms with Crippen LogP contribution in [0.5, 0.6) is 0 Å². The van der Waals surface area contributed by atoms with Gasteiger partial charge < -0.3 is 15.1 Å². The lowest BCUT2D eigenvalue weighted by atomic mass is 10.3. The molecule has 1 aliphatic rings. The molecular weight excluding hydrogens is 376 g/mol. The van der Waals surface area contributed by atoms with Crippen LogP contribution in [0.3, 0.4) is 0 Å². The first-order valence-corrected chi connectivity index (χ1v) is 9.89. The molecule has 1 amide bonds. The maximum absolute atomic E-state index is 10.7. The van der Waals surface area contributed by atoms with Crippen molar-refractivity contribution in [2.45, 2.75) is 25.8 Å². The van der Waals surface area contributed by atoms with Gasteiger partial charge in [-0.25, -0.2) is 9.97 Å². The number of imidazole rings is 1. The molecule has 0 aromatic carbocycles. The van der Waals surface area contributed by atoms with E-state index in [1.54, 1.807) is 6.20 Å². The zero-order valence-corrected chi connectivity index (χ0v) is 16.5. The van der Waals surface area contributed by atoms with Crippen LogP contribution in [0.1, 0.15) is 23.9 Å². The number of hydrogen-bond donors (Lipinski definition) is 1. The van der Waals surface area contributed by atoms with Gasteiger partial charge in [-0.1, -0.05) is 18.3 Å². The maximum Gasteiger partial charge on any atom is 0.207 e. The molecule has 1 atom stereocenters. The molecular formula is C18H20N8OS. The van der Waals surface area contributed by atoms with Crippen molar-refractivity contribution in [3.63, 3.8) is 0 Å². The van der Waals surface area contributed by atoms with E-state index in [2.05, 4.69) is 28.2 Å². The normalized spacial score (nSPS) is 16.3. The Morgan fingerprint density at radius 2 is 2.36 bits per heavy atom. The molecule has 9 nitrogen and oxygen atoms in total. The van der Waals surface area contributed by atoms with Gasteiger partial charge in [0, 0.05) is 26.2 Å². The average molecular weight is 396 g/mol. The number of rotatable bonds is 6. The van der Waals surface area contributed by atoms with E-state index < -0.39 is 0 Å². The average Bonchev–Trinajstić information content (AvgIpc) is 3.44. The zero-order valence-electron chi connectivity index (χ0n) is 15.7. The summed E-state index contributed by atoms with van der Waals surface area (Å²) in [7, 11) is 1.91. The molecule has 4 heterocycles. The summed E-state index contributed by atoms with van der Waals surface area (Å²) in [5.74, 6) is 1.69. The predicted octanol–water partition coefficient (Wildman–Crippen LogP) is 1.71. The van der Waals surface area contributed by atoms with Crippen molar-refractivity contribution in [1.29, 1.82) is 5.26 Å². The number of carbonyl (C=O) groups excluding carboxylic acids is 1. The van der Waals surface area contributed by atoms with Crippen LogP contribution in [0.15, 0.2) is 18.3 Å². The number of carbonyl (C=O) groups is 1. The van der Waals surface area contributed by atoms with Crippen LogP contribution in [0.25, 0.3) is 5.65 Å². The van der Waals surface area contributed by atoms with Crippen molar-refractivity contribution >= 4 is 40.2 Å². The molecule has 3 aromatic heterocycles. The van der Waals surface area contributed by atoms with E-state index in [4.69, 9.17) is 15.3 Å². The quantitative estimate of drug-likeness (QED) is 0.633. The number of thiazole rings is 1. The standard InChI is InChI=1S/C18H20N8OS/c1-3-14-17(24(2)18-20-9-13(8-19)28-18)26-15(22-14)4-5-16(23-26)25-7-6-12(10-25)21-11-27/h4-5,9,11-12H,3,6-7,10H2,1-2H3,(H,21,27). The Kier molecular flexibility index (Phi) is 4.83. The molecule has 0 spiro atoms. The molecule has 4 rings (SSSR count). The largest absolute Gasteiger partial charge is 0.354 e. The molecule has 1 unspecified atom stereocenters.